The van der Waals surface area contributed by atoms with E-state index in [9.17, 15) is 24.0 Å². The molecule has 0 aromatic heterocycles. The molecule has 13 heteroatoms. The number of carbonyl (C=O) groups excluding carboxylic acids is 4. The van der Waals surface area contributed by atoms with Crippen molar-refractivity contribution in [1.29, 1.82) is 0 Å². The van der Waals surface area contributed by atoms with Crippen molar-refractivity contribution < 1.29 is 29.1 Å². The molecule has 0 aromatic rings. The maximum atomic E-state index is 12.5. The molecule has 0 heterocycles. The molecule has 0 aromatic carbocycles. The van der Waals surface area contributed by atoms with Gasteiger partial charge in [-0.05, 0) is 5.92 Å². The molecule has 0 aliphatic carbocycles. The van der Waals surface area contributed by atoms with Crippen LogP contribution in [-0.2, 0) is 24.0 Å². The summed E-state index contributed by atoms with van der Waals surface area (Å²) in [6.07, 6.45) is -0.389. The van der Waals surface area contributed by atoms with Crippen LogP contribution in [0.2, 0.25) is 0 Å². The molecular weight excluding hydrogens is 410 g/mol. The molecule has 0 bridgehead atoms. The molecule has 8 N–H and O–H groups in total. The van der Waals surface area contributed by atoms with Crippen LogP contribution < -0.4 is 27.4 Å². The lowest BCUT2D eigenvalue weighted by Gasteiger charge is -2.26. The highest BCUT2D eigenvalue weighted by Crippen LogP contribution is 2.04. The van der Waals surface area contributed by atoms with Gasteiger partial charge in [0.2, 0.25) is 23.6 Å². The predicted octanol–water partition coefficient (Wildman–Crippen LogP) is -2.76. The molecule has 0 spiro atoms. The van der Waals surface area contributed by atoms with Crippen LogP contribution in [0.3, 0.4) is 0 Å². The van der Waals surface area contributed by atoms with E-state index in [-0.39, 0.29) is 23.8 Å². The predicted molar refractivity (Wildman–Crippen MR) is 108 cm³/mol. The largest absolute Gasteiger partial charge is 0.480 e. The average Bonchev–Trinajstić information content (AvgIpc) is 2.59. The van der Waals surface area contributed by atoms with Crippen LogP contribution in [0.5, 0.6) is 0 Å². The van der Waals surface area contributed by atoms with Crippen molar-refractivity contribution >= 4 is 54.9 Å². The number of hydrogen-bond acceptors (Lipinski definition) is 8. The molecule has 0 radical (unpaired) electrons. The Bertz CT molecular complexity index is 603. The minimum Gasteiger partial charge on any atom is -0.480 e. The third-order valence-corrected chi connectivity index (χ3v) is 4.35. The minimum atomic E-state index is -1.27. The van der Waals surface area contributed by atoms with Gasteiger partial charge in [0.05, 0.1) is 12.5 Å². The van der Waals surface area contributed by atoms with Crippen LogP contribution in [-0.4, -0.2) is 70.4 Å². The summed E-state index contributed by atoms with van der Waals surface area (Å²) >= 11 is 7.84. The van der Waals surface area contributed by atoms with E-state index in [1.54, 1.807) is 13.8 Å². The molecule has 0 aliphatic heterocycles. The Balaban J connectivity index is 5.09. The number of aliphatic carboxylic acids is 1. The summed E-state index contributed by atoms with van der Waals surface area (Å²) in [6.45, 7) is 3.31. The summed E-state index contributed by atoms with van der Waals surface area (Å²) in [4.78, 5) is 58.6. The lowest BCUT2D eigenvalue weighted by Crippen LogP contribution is -2.59. The maximum absolute atomic E-state index is 12.5. The molecule has 160 valence electrons. The number of carbonyl (C=O) groups is 5. The lowest BCUT2D eigenvalue weighted by molar-refractivity contribution is -0.141. The van der Waals surface area contributed by atoms with E-state index in [1.165, 1.54) is 0 Å². The zero-order valence-corrected chi connectivity index (χ0v) is 17.3. The standard InChI is InChI=1S/C15H27N5O6S2/c1-6(2)11(20-12(22)7(16)3-10(17)21)14(24)18-8(4-27)13(23)19-9(5-28)15(25)26/h6-9,11,27-28H,3-5,16H2,1-2H3,(H2,17,21)(H,18,24)(H,19,23)(H,20,22)(H,25,26). The van der Waals surface area contributed by atoms with Gasteiger partial charge in [-0.2, -0.15) is 25.3 Å². The molecule has 4 atom stereocenters. The van der Waals surface area contributed by atoms with Crippen LogP contribution in [0.15, 0.2) is 0 Å². The maximum Gasteiger partial charge on any atom is 0.327 e. The van der Waals surface area contributed by atoms with Gasteiger partial charge in [-0.3, -0.25) is 19.2 Å². The molecule has 0 rings (SSSR count). The second-order valence-electron chi connectivity index (χ2n) is 6.33. The van der Waals surface area contributed by atoms with E-state index in [0.29, 0.717) is 0 Å². The van der Waals surface area contributed by atoms with Gasteiger partial charge in [0.15, 0.2) is 0 Å². The molecule has 0 saturated heterocycles. The number of rotatable bonds is 12. The number of carboxylic acid groups (broad SMARTS) is 1. The van der Waals surface area contributed by atoms with Crippen LogP contribution in [0.1, 0.15) is 20.3 Å². The Morgan fingerprint density at radius 2 is 1.39 bits per heavy atom. The fourth-order valence-corrected chi connectivity index (χ4v) is 2.52. The van der Waals surface area contributed by atoms with E-state index in [4.69, 9.17) is 16.6 Å². The van der Waals surface area contributed by atoms with E-state index < -0.39 is 53.8 Å². The molecular formula is C15H27N5O6S2. The van der Waals surface area contributed by atoms with Crippen LogP contribution in [0.25, 0.3) is 0 Å². The number of primary amides is 1. The first-order valence-corrected chi connectivity index (χ1v) is 9.60. The minimum absolute atomic E-state index is 0.115. The smallest absolute Gasteiger partial charge is 0.327 e. The second-order valence-corrected chi connectivity index (χ2v) is 7.06. The molecule has 11 nitrogen and oxygen atoms in total. The summed E-state index contributed by atoms with van der Waals surface area (Å²) < 4.78 is 0. The van der Waals surface area contributed by atoms with Gasteiger partial charge < -0.3 is 32.5 Å². The van der Waals surface area contributed by atoms with E-state index in [0.717, 1.165) is 0 Å². The van der Waals surface area contributed by atoms with Crippen molar-refractivity contribution in [3.63, 3.8) is 0 Å². The number of amides is 4. The summed E-state index contributed by atoms with van der Waals surface area (Å²) in [6, 6.07) is -4.65. The fraction of sp³-hybridized carbons (Fsp3) is 0.667. The van der Waals surface area contributed by atoms with E-state index in [2.05, 4.69) is 41.2 Å². The Morgan fingerprint density at radius 1 is 0.893 bits per heavy atom. The highest BCUT2D eigenvalue weighted by molar-refractivity contribution is 7.80. The Labute approximate surface area is 173 Å². The Kier molecular flexibility index (Phi) is 11.6. The van der Waals surface area contributed by atoms with Crippen molar-refractivity contribution in [2.45, 2.75) is 44.4 Å². The van der Waals surface area contributed by atoms with Gasteiger partial charge in [0, 0.05) is 11.5 Å². The summed E-state index contributed by atoms with van der Waals surface area (Å²) in [5.74, 6) is -4.88. The second kappa shape index (κ2) is 12.5. The van der Waals surface area contributed by atoms with Crippen molar-refractivity contribution in [2.24, 2.45) is 17.4 Å². The third-order valence-electron chi connectivity index (χ3n) is 3.62. The monoisotopic (exact) mass is 437 g/mol. The number of thiol groups is 2. The quantitative estimate of drug-likeness (QED) is 0.151. The first-order chi connectivity index (χ1) is 12.9. The van der Waals surface area contributed by atoms with Gasteiger partial charge in [0.1, 0.15) is 18.1 Å². The highest BCUT2D eigenvalue weighted by atomic mass is 32.1. The number of nitrogens with two attached hydrogens (primary N) is 2. The van der Waals surface area contributed by atoms with Gasteiger partial charge >= 0.3 is 5.97 Å². The first kappa shape index (κ1) is 26.0. The molecule has 4 amide bonds. The molecule has 4 unspecified atom stereocenters. The lowest BCUT2D eigenvalue weighted by atomic mass is 10.0. The SMILES string of the molecule is CC(C)C(NC(=O)C(N)CC(N)=O)C(=O)NC(CS)C(=O)NC(CS)C(=O)O. The molecule has 0 saturated carbocycles. The van der Waals surface area contributed by atoms with Gasteiger partial charge in [-0.25, -0.2) is 4.79 Å². The number of hydrogen-bond donors (Lipinski definition) is 8. The van der Waals surface area contributed by atoms with E-state index in [1.807, 2.05) is 0 Å². The Hall–Kier alpha value is -1.99. The molecule has 0 aliphatic rings. The zero-order valence-electron chi connectivity index (χ0n) is 15.5. The average molecular weight is 438 g/mol. The summed E-state index contributed by atoms with van der Waals surface area (Å²) in [5.41, 5.74) is 10.5. The van der Waals surface area contributed by atoms with Gasteiger partial charge in [-0.1, -0.05) is 13.8 Å². The Morgan fingerprint density at radius 3 is 1.79 bits per heavy atom. The zero-order chi connectivity index (χ0) is 22.0. The highest BCUT2D eigenvalue weighted by Gasteiger charge is 2.31. The van der Waals surface area contributed by atoms with Crippen LogP contribution in [0, 0.1) is 5.92 Å². The van der Waals surface area contributed by atoms with E-state index >= 15 is 0 Å². The normalized spacial score (nSPS) is 15.1. The molecule has 28 heavy (non-hydrogen) atoms. The van der Waals surface area contributed by atoms with Gasteiger partial charge in [0.25, 0.3) is 0 Å². The van der Waals surface area contributed by atoms with Crippen molar-refractivity contribution in [1.82, 2.24) is 16.0 Å². The summed E-state index contributed by atoms with van der Waals surface area (Å²) in [5, 5.41) is 16.0. The summed E-state index contributed by atoms with van der Waals surface area (Å²) in [7, 11) is 0. The van der Waals surface area contributed by atoms with Crippen molar-refractivity contribution in [2.75, 3.05) is 11.5 Å². The van der Waals surface area contributed by atoms with Gasteiger partial charge in [-0.15, -0.1) is 0 Å². The number of carboxylic acids is 1. The van der Waals surface area contributed by atoms with Crippen molar-refractivity contribution in [3.8, 4) is 0 Å². The number of nitrogens with one attached hydrogen (secondary N) is 3. The molecule has 0 fully saturated rings. The van der Waals surface area contributed by atoms with Crippen LogP contribution in [0.4, 0.5) is 0 Å². The topological polar surface area (TPSA) is 194 Å². The fourth-order valence-electron chi connectivity index (χ4n) is 2.02. The first-order valence-electron chi connectivity index (χ1n) is 8.34. The van der Waals surface area contributed by atoms with Crippen LogP contribution >= 0.6 is 25.3 Å². The third kappa shape index (κ3) is 8.80. The van der Waals surface area contributed by atoms with Crippen molar-refractivity contribution in [3.05, 3.63) is 0 Å².